The number of morpholine rings is 1. The molecule has 92 valence electrons. The number of hydrogen-bond acceptors (Lipinski definition) is 3. The molecule has 0 unspecified atom stereocenters. The maximum absolute atomic E-state index is 12.2. The van der Waals surface area contributed by atoms with Gasteiger partial charge in [0.1, 0.15) is 0 Å². The van der Waals surface area contributed by atoms with E-state index in [2.05, 4.69) is 0 Å². The van der Waals surface area contributed by atoms with Gasteiger partial charge in [-0.2, -0.15) is 0 Å². The van der Waals surface area contributed by atoms with Crippen molar-refractivity contribution in [1.82, 2.24) is 4.90 Å². The van der Waals surface area contributed by atoms with Crippen LogP contribution >= 0.6 is 11.6 Å². The second kappa shape index (κ2) is 5.49. The monoisotopic (exact) mass is 255 g/mol. The fraction of sp³-hybridized carbons (Fsp3) is 0.417. The molecule has 1 saturated heterocycles. The molecule has 1 aromatic carbocycles. The van der Waals surface area contributed by atoms with Crippen LogP contribution in [-0.4, -0.2) is 48.3 Å². The average molecular weight is 256 g/mol. The van der Waals surface area contributed by atoms with E-state index in [9.17, 15) is 9.90 Å². The van der Waals surface area contributed by atoms with Gasteiger partial charge in [0, 0.05) is 17.1 Å². The lowest BCUT2D eigenvalue weighted by Gasteiger charge is -2.34. The van der Waals surface area contributed by atoms with Crippen LogP contribution in [0.3, 0.4) is 0 Å². The predicted molar refractivity (Wildman–Crippen MR) is 64.2 cm³/mol. The van der Waals surface area contributed by atoms with Gasteiger partial charge >= 0.3 is 0 Å². The van der Waals surface area contributed by atoms with Crippen LogP contribution in [0.1, 0.15) is 10.4 Å². The van der Waals surface area contributed by atoms with Gasteiger partial charge in [0.25, 0.3) is 5.91 Å². The van der Waals surface area contributed by atoms with E-state index in [0.29, 0.717) is 30.3 Å². The van der Waals surface area contributed by atoms with Crippen LogP contribution in [0.25, 0.3) is 0 Å². The lowest BCUT2D eigenvalue weighted by Crippen LogP contribution is -2.50. The minimum absolute atomic E-state index is 0.0840. The summed E-state index contributed by atoms with van der Waals surface area (Å²) in [6.45, 7) is 1.32. The standard InChI is InChI=1S/C12H14ClNO3/c13-10-3-1-9(2-4-10)12(16)14-5-6-17-8-11(14)7-15/h1-4,11,15H,5-8H2/t11-/m0/s1. The summed E-state index contributed by atoms with van der Waals surface area (Å²) >= 11 is 5.77. The van der Waals surface area contributed by atoms with Gasteiger partial charge in [-0.25, -0.2) is 0 Å². The summed E-state index contributed by atoms with van der Waals surface area (Å²) in [7, 11) is 0. The van der Waals surface area contributed by atoms with Crippen LogP contribution in [0.15, 0.2) is 24.3 Å². The molecular weight excluding hydrogens is 242 g/mol. The number of aliphatic hydroxyl groups is 1. The van der Waals surface area contributed by atoms with Crippen molar-refractivity contribution < 1.29 is 14.6 Å². The first-order chi connectivity index (χ1) is 8.22. The minimum atomic E-state index is -0.257. The first kappa shape index (κ1) is 12.4. The first-order valence-corrected chi connectivity index (χ1v) is 5.85. The van der Waals surface area contributed by atoms with Crippen LogP contribution in [0.2, 0.25) is 5.02 Å². The Labute approximate surface area is 105 Å². The van der Waals surface area contributed by atoms with E-state index in [0.717, 1.165) is 0 Å². The third kappa shape index (κ3) is 2.77. The molecule has 1 aliphatic rings. The van der Waals surface area contributed by atoms with Gasteiger partial charge in [-0.1, -0.05) is 11.6 Å². The Kier molecular flexibility index (Phi) is 3.99. The van der Waals surface area contributed by atoms with Crippen molar-refractivity contribution >= 4 is 17.5 Å². The van der Waals surface area contributed by atoms with E-state index >= 15 is 0 Å². The Hall–Kier alpha value is -1.10. The highest BCUT2D eigenvalue weighted by Crippen LogP contribution is 2.15. The fourth-order valence-electron chi connectivity index (χ4n) is 1.83. The van der Waals surface area contributed by atoms with Gasteiger partial charge in [-0.3, -0.25) is 4.79 Å². The van der Waals surface area contributed by atoms with Gasteiger partial charge in [0.15, 0.2) is 0 Å². The van der Waals surface area contributed by atoms with E-state index in [1.807, 2.05) is 0 Å². The Balaban J connectivity index is 2.15. The number of carbonyl (C=O) groups excluding carboxylic acids is 1. The number of aliphatic hydroxyl groups excluding tert-OH is 1. The first-order valence-electron chi connectivity index (χ1n) is 5.47. The molecule has 1 heterocycles. The third-order valence-corrected chi connectivity index (χ3v) is 3.04. The van der Waals surface area contributed by atoms with Crippen molar-refractivity contribution in [2.45, 2.75) is 6.04 Å². The molecule has 0 spiro atoms. The normalized spacial score (nSPS) is 20.4. The minimum Gasteiger partial charge on any atom is -0.394 e. The van der Waals surface area contributed by atoms with Crippen molar-refractivity contribution in [2.24, 2.45) is 0 Å². The van der Waals surface area contributed by atoms with Crippen LogP contribution in [0, 0.1) is 0 Å². The summed E-state index contributed by atoms with van der Waals surface area (Å²) in [5.41, 5.74) is 0.578. The molecule has 17 heavy (non-hydrogen) atoms. The largest absolute Gasteiger partial charge is 0.394 e. The second-order valence-corrected chi connectivity index (χ2v) is 4.35. The Bertz CT molecular complexity index is 393. The smallest absolute Gasteiger partial charge is 0.254 e. The summed E-state index contributed by atoms with van der Waals surface area (Å²) in [5, 5.41) is 9.81. The number of nitrogens with zero attached hydrogens (tertiary/aromatic N) is 1. The van der Waals surface area contributed by atoms with Crippen molar-refractivity contribution in [2.75, 3.05) is 26.4 Å². The van der Waals surface area contributed by atoms with Gasteiger partial charge in [-0.15, -0.1) is 0 Å². The SMILES string of the molecule is O=C(c1ccc(Cl)cc1)N1CCOC[C@@H]1CO. The second-order valence-electron chi connectivity index (χ2n) is 3.92. The Morgan fingerprint density at radius 2 is 2.18 bits per heavy atom. The molecule has 1 aliphatic heterocycles. The zero-order valence-electron chi connectivity index (χ0n) is 9.30. The number of hydrogen-bond donors (Lipinski definition) is 1. The summed E-state index contributed by atoms with van der Waals surface area (Å²) < 4.78 is 5.23. The lowest BCUT2D eigenvalue weighted by atomic mass is 10.1. The van der Waals surface area contributed by atoms with Crippen molar-refractivity contribution in [1.29, 1.82) is 0 Å². The van der Waals surface area contributed by atoms with E-state index in [1.165, 1.54) is 0 Å². The molecular formula is C12H14ClNO3. The molecule has 0 bridgehead atoms. The predicted octanol–water partition coefficient (Wildman–Crippen LogP) is 1.17. The summed E-state index contributed by atoms with van der Waals surface area (Å²) in [5.74, 6) is -0.0935. The maximum atomic E-state index is 12.2. The van der Waals surface area contributed by atoms with E-state index in [-0.39, 0.29) is 18.6 Å². The molecule has 0 radical (unpaired) electrons. The van der Waals surface area contributed by atoms with E-state index in [1.54, 1.807) is 29.2 Å². The van der Waals surface area contributed by atoms with Crippen LogP contribution < -0.4 is 0 Å². The third-order valence-electron chi connectivity index (χ3n) is 2.79. The molecule has 1 N–H and O–H groups in total. The van der Waals surface area contributed by atoms with Gasteiger partial charge in [0.05, 0.1) is 25.9 Å². The van der Waals surface area contributed by atoms with Crippen molar-refractivity contribution in [3.8, 4) is 0 Å². The van der Waals surface area contributed by atoms with E-state index in [4.69, 9.17) is 16.3 Å². The summed E-state index contributed by atoms with van der Waals surface area (Å²) in [6, 6.07) is 6.49. The molecule has 2 rings (SSSR count). The Morgan fingerprint density at radius 1 is 1.47 bits per heavy atom. The fourth-order valence-corrected chi connectivity index (χ4v) is 1.96. The number of rotatable bonds is 2. The zero-order chi connectivity index (χ0) is 12.3. The average Bonchev–Trinajstić information content (AvgIpc) is 2.39. The summed E-state index contributed by atoms with van der Waals surface area (Å²) in [6.07, 6.45) is 0. The van der Waals surface area contributed by atoms with Crippen LogP contribution in [-0.2, 0) is 4.74 Å². The molecule has 4 nitrogen and oxygen atoms in total. The van der Waals surface area contributed by atoms with Crippen molar-refractivity contribution in [3.05, 3.63) is 34.9 Å². The van der Waals surface area contributed by atoms with Gasteiger partial charge in [-0.05, 0) is 24.3 Å². The molecule has 1 amide bonds. The highest BCUT2D eigenvalue weighted by atomic mass is 35.5. The summed E-state index contributed by atoms with van der Waals surface area (Å²) in [4.78, 5) is 13.8. The van der Waals surface area contributed by atoms with Gasteiger partial charge in [0.2, 0.25) is 0 Å². The number of carbonyl (C=O) groups is 1. The number of amides is 1. The van der Waals surface area contributed by atoms with Crippen LogP contribution in [0.5, 0.6) is 0 Å². The van der Waals surface area contributed by atoms with Gasteiger partial charge < -0.3 is 14.7 Å². The Morgan fingerprint density at radius 3 is 2.82 bits per heavy atom. The molecule has 1 atom stereocenters. The quantitative estimate of drug-likeness (QED) is 0.863. The number of ether oxygens (including phenoxy) is 1. The molecule has 1 fully saturated rings. The zero-order valence-corrected chi connectivity index (χ0v) is 10.1. The highest BCUT2D eigenvalue weighted by Gasteiger charge is 2.27. The molecule has 1 aromatic rings. The lowest BCUT2D eigenvalue weighted by molar-refractivity contribution is -0.0183. The number of benzene rings is 1. The van der Waals surface area contributed by atoms with Crippen LogP contribution in [0.4, 0.5) is 0 Å². The molecule has 0 aliphatic carbocycles. The topological polar surface area (TPSA) is 49.8 Å². The maximum Gasteiger partial charge on any atom is 0.254 e. The molecule has 0 saturated carbocycles. The highest BCUT2D eigenvalue weighted by molar-refractivity contribution is 6.30. The molecule has 0 aromatic heterocycles. The van der Waals surface area contributed by atoms with Crippen molar-refractivity contribution in [3.63, 3.8) is 0 Å². The number of halogens is 1. The molecule has 5 heteroatoms. The van der Waals surface area contributed by atoms with E-state index < -0.39 is 0 Å².